The lowest BCUT2D eigenvalue weighted by Gasteiger charge is -2.13. The van der Waals surface area contributed by atoms with Gasteiger partial charge in [0.2, 0.25) is 0 Å². The zero-order chi connectivity index (χ0) is 32.1. The van der Waals surface area contributed by atoms with E-state index >= 15 is 0 Å². The smallest absolute Gasteiger partial charge is 0.0172 e. The first-order chi connectivity index (χ1) is 23.8. The van der Waals surface area contributed by atoms with Crippen LogP contribution in [0.4, 0.5) is 0 Å². The van der Waals surface area contributed by atoms with Crippen LogP contribution in [0.15, 0.2) is 206 Å². The maximum atomic E-state index is 2.32. The summed E-state index contributed by atoms with van der Waals surface area (Å²) in [6.07, 6.45) is 0. The van der Waals surface area contributed by atoms with E-state index < -0.39 is 0 Å². The molecule has 0 nitrogen and oxygen atoms in total. The van der Waals surface area contributed by atoms with E-state index in [2.05, 4.69) is 206 Å². The van der Waals surface area contributed by atoms with Crippen molar-refractivity contribution >= 4 is 0 Å². The van der Waals surface area contributed by atoms with Gasteiger partial charge in [0, 0.05) is 0 Å². The maximum Gasteiger partial charge on any atom is -0.0172 e. The fourth-order valence-corrected chi connectivity index (χ4v) is 6.44. The first-order valence-corrected chi connectivity index (χ1v) is 16.5. The summed E-state index contributed by atoms with van der Waals surface area (Å²) in [6, 6.07) is 74.3. The minimum absolute atomic E-state index is 1.20. The summed E-state index contributed by atoms with van der Waals surface area (Å²) in [5, 5.41) is 0. The van der Waals surface area contributed by atoms with Gasteiger partial charge in [-0.15, -0.1) is 0 Å². The first-order valence-electron chi connectivity index (χ1n) is 16.5. The molecule has 0 spiro atoms. The molecule has 0 N–H and O–H groups in total. The molecule has 48 heavy (non-hydrogen) atoms. The first kappa shape index (κ1) is 29.2. The molecule has 0 aliphatic rings. The van der Waals surface area contributed by atoms with Gasteiger partial charge < -0.3 is 0 Å². The highest BCUT2D eigenvalue weighted by molar-refractivity contribution is 5.83. The van der Waals surface area contributed by atoms with Crippen LogP contribution in [0.3, 0.4) is 0 Å². The Morgan fingerprint density at radius 2 is 0.271 bits per heavy atom. The van der Waals surface area contributed by atoms with Crippen LogP contribution < -0.4 is 0 Å². The van der Waals surface area contributed by atoms with E-state index in [0.717, 1.165) is 0 Å². The second kappa shape index (κ2) is 13.2. The lowest BCUT2D eigenvalue weighted by molar-refractivity contribution is 1.55. The minimum Gasteiger partial charge on any atom is -0.0622 e. The molecule has 0 radical (unpaired) electrons. The molecule has 0 saturated heterocycles. The average molecular weight is 611 g/mol. The summed E-state index contributed by atoms with van der Waals surface area (Å²) in [5.41, 5.74) is 17.0. The van der Waals surface area contributed by atoms with E-state index in [4.69, 9.17) is 0 Å². The standard InChI is InChI=1S/C48H34/c1-4-10-35(11-5-1)38-16-18-41(19-17-38)42-24-30-45(31-25-42)48-33-46(43-26-20-39(21-27-43)36-12-6-2-7-13-36)32-47(34-48)44-28-22-40(23-29-44)37-14-8-3-9-15-37/h1-34H. The van der Waals surface area contributed by atoms with Crippen LogP contribution in [0.5, 0.6) is 0 Å². The Hall–Kier alpha value is -6.24. The van der Waals surface area contributed by atoms with Crippen molar-refractivity contribution < 1.29 is 0 Å². The van der Waals surface area contributed by atoms with E-state index in [9.17, 15) is 0 Å². The predicted octanol–water partition coefficient (Wildman–Crippen LogP) is 13.4. The normalized spacial score (nSPS) is 10.9. The zero-order valence-electron chi connectivity index (χ0n) is 26.6. The molecule has 8 rings (SSSR count). The van der Waals surface area contributed by atoms with Crippen LogP contribution in [0.1, 0.15) is 0 Å². The van der Waals surface area contributed by atoms with Gasteiger partial charge in [-0.25, -0.2) is 0 Å². The van der Waals surface area contributed by atoms with Crippen LogP contribution in [-0.2, 0) is 0 Å². The topological polar surface area (TPSA) is 0 Å². The van der Waals surface area contributed by atoms with Gasteiger partial charge in [-0.05, 0) is 96.1 Å². The van der Waals surface area contributed by atoms with Crippen molar-refractivity contribution in [3.63, 3.8) is 0 Å². The summed E-state index contributed by atoms with van der Waals surface area (Å²) in [5.74, 6) is 0. The molecular formula is C48H34. The van der Waals surface area contributed by atoms with Gasteiger partial charge in [-0.2, -0.15) is 0 Å². The second-order valence-electron chi connectivity index (χ2n) is 12.2. The van der Waals surface area contributed by atoms with Gasteiger partial charge in [0.15, 0.2) is 0 Å². The summed E-state index contributed by atoms with van der Waals surface area (Å²) in [6.45, 7) is 0. The quantitative estimate of drug-likeness (QED) is 0.168. The largest absolute Gasteiger partial charge is 0.0622 e. The lowest BCUT2D eigenvalue weighted by Crippen LogP contribution is -1.88. The number of hydrogen-bond acceptors (Lipinski definition) is 0. The monoisotopic (exact) mass is 610 g/mol. The van der Waals surface area contributed by atoms with Crippen LogP contribution in [0, 0.1) is 0 Å². The number of rotatable bonds is 7. The fourth-order valence-electron chi connectivity index (χ4n) is 6.44. The SMILES string of the molecule is c1ccc(-c2ccc(-c3ccc(-c4cc(-c5ccc(-c6ccccc6)cc5)cc(-c5ccc(-c6ccccc6)cc5)c4)cc3)cc2)cc1. The molecular weight excluding hydrogens is 577 g/mol. The van der Waals surface area contributed by atoms with Crippen molar-refractivity contribution in [1.82, 2.24) is 0 Å². The van der Waals surface area contributed by atoms with Gasteiger partial charge >= 0.3 is 0 Å². The third-order valence-corrected chi connectivity index (χ3v) is 9.13. The Morgan fingerprint density at radius 3 is 0.458 bits per heavy atom. The Labute approximate surface area is 283 Å². The number of hydrogen-bond donors (Lipinski definition) is 0. The highest BCUT2D eigenvalue weighted by atomic mass is 14.1. The summed E-state index contributed by atoms with van der Waals surface area (Å²) in [4.78, 5) is 0. The molecule has 0 bridgehead atoms. The molecule has 8 aromatic rings. The van der Waals surface area contributed by atoms with E-state index in [-0.39, 0.29) is 0 Å². The molecule has 0 atom stereocenters. The predicted molar refractivity (Wildman–Crippen MR) is 204 cm³/mol. The van der Waals surface area contributed by atoms with E-state index in [1.807, 2.05) is 0 Å². The highest BCUT2D eigenvalue weighted by Crippen LogP contribution is 2.36. The van der Waals surface area contributed by atoms with Crippen molar-refractivity contribution in [3.05, 3.63) is 206 Å². The van der Waals surface area contributed by atoms with Crippen LogP contribution in [0.2, 0.25) is 0 Å². The van der Waals surface area contributed by atoms with Gasteiger partial charge in [0.25, 0.3) is 0 Å². The molecule has 0 aliphatic heterocycles. The molecule has 0 aromatic heterocycles. The van der Waals surface area contributed by atoms with Gasteiger partial charge in [0.1, 0.15) is 0 Å². The molecule has 0 amide bonds. The summed E-state index contributed by atoms with van der Waals surface area (Å²) >= 11 is 0. The molecule has 0 fully saturated rings. The van der Waals surface area contributed by atoms with Gasteiger partial charge in [-0.1, -0.05) is 188 Å². The summed E-state index contributed by atoms with van der Waals surface area (Å²) < 4.78 is 0. The number of benzene rings is 8. The molecule has 0 aliphatic carbocycles. The second-order valence-corrected chi connectivity index (χ2v) is 12.2. The summed E-state index contributed by atoms with van der Waals surface area (Å²) in [7, 11) is 0. The zero-order valence-corrected chi connectivity index (χ0v) is 26.6. The van der Waals surface area contributed by atoms with Crippen molar-refractivity contribution in [1.29, 1.82) is 0 Å². The molecule has 0 saturated carbocycles. The van der Waals surface area contributed by atoms with Gasteiger partial charge in [0.05, 0.1) is 0 Å². The van der Waals surface area contributed by atoms with Crippen LogP contribution in [-0.4, -0.2) is 0 Å². The van der Waals surface area contributed by atoms with Crippen LogP contribution in [0.25, 0.3) is 77.9 Å². The highest BCUT2D eigenvalue weighted by Gasteiger charge is 2.10. The molecule has 0 heteroatoms. The third kappa shape index (κ3) is 6.25. The third-order valence-electron chi connectivity index (χ3n) is 9.13. The lowest BCUT2D eigenvalue weighted by atomic mass is 9.91. The van der Waals surface area contributed by atoms with Crippen molar-refractivity contribution in [3.8, 4) is 77.9 Å². The van der Waals surface area contributed by atoms with Gasteiger partial charge in [-0.3, -0.25) is 0 Å². The fraction of sp³-hybridized carbons (Fsp3) is 0. The van der Waals surface area contributed by atoms with Crippen LogP contribution >= 0.6 is 0 Å². The van der Waals surface area contributed by atoms with E-state index in [1.165, 1.54) is 77.9 Å². The maximum absolute atomic E-state index is 2.32. The molecule has 0 heterocycles. The molecule has 0 unspecified atom stereocenters. The van der Waals surface area contributed by atoms with Crippen molar-refractivity contribution in [2.45, 2.75) is 0 Å². The molecule has 8 aromatic carbocycles. The van der Waals surface area contributed by atoms with E-state index in [0.29, 0.717) is 0 Å². The Morgan fingerprint density at radius 1 is 0.125 bits per heavy atom. The minimum atomic E-state index is 1.20. The van der Waals surface area contributed by atoms with Crippen molar-refractivity contribution in [2.75, 3.05) is 0 Å². The average Bonchev–Trinajstić information content (AvgIpc) is 3.19. The Bertz CT molecular complexity index is 2150. The van der Waals surface area contributed by atoms with Crippen molar-refractivity contribution in [2.24, 2.45) is 0 Å². The van der Waals surface area contributed by atoms with E-state index in [1.54, 1.807) is 0 Å². The Balaban J connectivity index is 1.14. The Kier molecular flexibility index (Phi) is 8.05. The molecule has 226 valence electrons.